The summed E-state index contributed by atoms with van der Waals surface area (Å²) < 4.78 is 27.5. The number of rotatable bonds is 7. The van der Waals surface area contributed by atoms with Crippen molar-refractivity contribution in [2.75, 3.05) is 30.0 Å². The van der Waals surface area contributed by atoms with Gasteiger partial charge in [0.25, 0.3) is 0 Å². The number of pyridine rings is 1. The zero-order chi connectivity index (χ0) is 17.6. The van der Waals surface area contributed by atoms with E-state index in [2.05, 4.69) is 15.6 Å². The molecule has 0 saturated carbocycles. The molecule has 2 rings (SSSR count). The third kappa shape index (κ3) is 5.48. The number of carbonyl (C=O) groups is 2. The van der Waals surface area contributed by atoms with Crippen LogP contribution in [-0.2, 0) is 19.4 Å². The maximum absolute atomic E-state index is 11.8. The monoisotopic (exact) mass is 355 g/mol. The number of nitrogens with one attached hydrogen (secondary N) is 2. The van der Waals surface area contributed by atoms with Crippen molar-refractivity contribution in [3.63, 3.8) is 0 Å². The fourth-order valence-corrected chi connectivity index (χ4v) is 4.02. The Bertz CT molecular complexity index is 688. The number of nitrogens with zero attached hydrogens (tertiary/aromatic N) is 1. The number of sulfone groups is 1. The van der Waals surface area contributed by atoms with Gasteiger partial charge in [-0.1, -0.05) is 0 Å². The van der Waals surface area contributed by atoms with Gasteiger partial charge in [-0.2, -0.15) is 0 Å². The van der Waals surface area contributed by atoms with E-state index < -0.39 is 15.8 Å². The second-order valence-corrected chi connectivity index (χ2v) is 7.73. The molecule has 2 heterocycles. The van der Waals surface area contributed by atoms with E-state index in [1.54, 1.807) is 19.1 Å². The Kier molecular flexibility index (Phi) is 6.13. The van der Waals surface area contributed by atoms with Crippen molar-refractivity contribution < 1.29 is 22.7 Å². The molecule has 0 bridgehead atoms. The number of ether oxygens (including phenoxy) is 1. The first-order chi connectivity index (χ1) is 11.4. The number of carbonyl (C=O) groups excluding carboxylic acids is 2. The summed E-state index contributed by atoms with van der Waals surface area (Å²) in [6.07, 6.45) is 2.08. The third-order valence-electron chi connectivity index (χ3n) is 3.53. The summed E-state index contributed by atoms with van der Waals surface area (Å²) in [5.74, 6) is 0.0603. The van der Waals surface area contributed by atoms with E-state index in [-0.39, 0.29) is 29.9 Å². The third-order valence-corrected chi connectivity index (χ3v) is 5.30. The summed E-state index contributed by atoms with van der Waals surface area (Å²) in [7, 11) is -3.00. The molecule has 0 aliphatic carbocycles. The molecule has 0 spiro atoms. The van der Waals surface area contributed by atoms with Gasteiger partial charge in [0.05, 0.1) is 23.7 Å². The minimum atomic E-state index is -3.00. The SMILES string of the molecule is CCOC(=O)c1ccc(NCCC(=O)N[C@@H]2CCS(=O)(=O)C2)nc1. The maximum Gasteiger partial charge on any atom is 0.339 e. The molecule has 0 aromatic carbocycles. The lowest BCUT2D eigenvalue weighted by Crippen LogP contribution is -2.36. The summed E-state index contributed by atoms with van der Waals surface area (Å²) in [5, 5.41) is 5.69. The van der Waals surface area contributed by atoms with Crippen LogP contribution in [0, 0.1) is 0 Å². The Morgan fingerprint density at radius 3 is 2.75 bits per heavy atom. The lowest BCUT2D eigenvalue weighted by Gasteiger charge is -2.11. The standard InChI is InChI=1S/C15H21N3O5S/c1-2-23-15(20)11-3-4-13(17-9-11)16-7-5-14(19)18-12-6-8-24(21,22)10-12/h3-4,9,12H,2,5-8,10H2,1H3,(H,16,17)(H,18,19)/t12-/m1/s1. The number of amides is 1. The van der Waals surface area contributed by atoms with Crippen molar-refractivity contribution in [3.05, 3.63) is 23.9 Å². The van der Waals surface area contributed by atoms with Crippen molar-refractivity contribution in [1.29, 1.82) is 0 Å². The smallest absolute Gasteiger partial charge is 0.339 e. The van der Waals surface area contributed by atoms with Gasteiger partial charge < -0.3 is 15.4 Å². The molecule has 0 unspecified atom stereocenters. The van der Waals surface area contributed by atoms with E-state index in [9.17, 15) is 18.0 Å². The van der Waals surface area contributed by atoms with E-state index in [4.69, 9.17) is 4.74 Å². The second kappa shape index (κ2) is 8.09. The van der Waals surface area contributed by atoms with Crippen molar-refractivity contribution in [2.24, 2.45) is 0 Å². The molecule has 1 aromatic rings. The molecular formula is C15H21N3O5S. The van der Waals surface area contributed by atoms with Crippen molar-refractivity contribution in [1.82, 2.24) is 10.3 Å². The fraction of sp³-hybridized carbons (Fsp3) is 0.533. The first kappa shape index (κ1) is 18.2. The van der Waals surface area contributed by atoms with Gasteiger partial charge in [-0.15, -0.1) is 0 Å². The predicted molar refractivity (Wildman–Crippen MR) is 88.5 cm³/mol. The van der Waals surface area contributed by atoms with Gasteiger partial charge in [-0.05, 0) is 25.5 Å². The summed E-state index contributed by atoms with van der Waals surface area (Å²) >= 11 is 0. The Morgan fingerprint density at radius 2 is 2.17 bits per heavy atom. The average molecular weight is 355 g/mol. The molecule has 9 heteroatoms. The van der Waals surface area contributed by atoms with Crippen LogP contribution in [0.4, 0.5) is 5.82 Å². The number of anilines is 1. The Morgan fingerprint density at radius 1 is 1.38 bits per heavy atom. The molecule has 1 aliphatic heterocycles. The lowest BCUT2D eigenvalue weighted by atomic mass is 10.2. The van der Waals surface area contributed by atoms with Crippen LogP contribution in [0.5, 0.6) is 0 Å². The fourth-order valence-electron chi connectivity index (χ4n) is 2.35. The molecule has 132 valence electrons. The molecule has 1 amide bonds. The van der Waals surface area contributed by atoms with Crippen LogP contribution in [0.15, 0.2) is 18.3 Å². The van der Waals surface area contributed by atoms with Crippen LogP contribution >= 0.6 is 0 Å². The molecule has 2 N–H and O–H groups in total. The van der Waals surface area contributed by atoms with Gasteiger partial charge in [0.2, 0.25) is 5.91 Å². The Hall–Kier alpha value is -2.16. The summed E-state index contributed by atoms with van der Waals surface area (Å²) in [6, 6.07) is 2.94. The normalized spacial score (nSPS) is 18.8. The number of esters is 1. The molecular weight excluding hydrogens is 334 g/mol. The topological polar surface area (TPSA) is 114 Å². The Labute approximate surface area is 140 Å². The van der Waals surface area contributed by atoms with E-state index >= 15 is 0 Å². The van der Waals surface area contributed by atoms with Gasteiger partial charge in [-0.25, -0.2) is 18.2 Å². The van der Waals surface area contributed by atoms with Gasteiger partial charge in [-0.3, -0.25) is 4.79 Å². The van der Waals surface area contributed by atoms with Gasteiger partial charge in [0.1, 0.15) is 5.82 Å². The van der Waals surface area contributed by atoms with Crippen LogP contribution in [-0.4, -0.2) is 56.0 Å². The largest absolute Gasteiger partial charge is 0.462 e. The van der Waals surface area contributed by atoms with Crippen molar-refractivity contribution >= 4 is 27.5 Å². The van der Waals surface area contributed by atoms with E-state index in [1.807, 2.05) is 0 Å². The zero-order valence-electron chi connectivity index (χ0n) is 13.4. The first-order valence-corrected chi connectivity index (χ1v) is 9.58. The summed E-state index contributed by atoms with van der Waals surface area (Å²) in [5.41, 5.74) is 0.364. The van der Waals surface area contributed by atoms with Gasteiger partial charge in [0, 0.05) is 25.2 Å². The predicted octanol–water partition coefficient (Wildman–Crippen LogP) is 0.364. The molecule has 1 aliphatic rings. The van der Waals surface area contributed by atoms with Crippen LogP contribution in [0.25, 0.3) is 0 Å². The van der Waals surface area contributed by atoms with Crippen LogP contribution in [0.1, 0.15) is 30.1 Å². The maximum atomic E-state index is 11.8. The first-order valence-electron chi connectivity index (χ1n) is 7.76. The number of hydrogen-bond acceptors (Lipinski definition) is 7. The highest BCUT2D eigenvalue weighted by atomic mass is 32.2. The highest BCUT2D eigenvalue weighted by Crippen LogP contribution is 2.11. The van der Waals surface area contributed by atoms with E-state index in [0.717, 1.165) is 0 Å². The second-order valence-electron chi connectivity index (χ2n) is 5.50. The van der Waals surface area contributed by atoms with Crippen LogP contribution in [0.3, 0.4) is 0 Å². The molecule has 0 radical (unpaired) electrons. The average Bonchev–Trinajstić information content (AvgIpc) is 2.87. The minimum Gasteiger partial charge on any atom is -0.462 e. The lowest BCUT2D eigenvalue weighted by molar-refractivity contribution is -0.121. The van der Waals surface area contributed by atoms with Gasteiger partial charge >= 0.3 is 5.97 Å². The molecule has 24 heavy (non-hydrogen) atoms. The highest BCUT2D eigenvalue weighted by Gasteiger charge is 2.28. The molecule has 1 fully saturated rings. The van der Waals surface area contributed by atoms with Crippen molar-refractivity contribution in [2.45, 2.75) is 25.8 Å². The Balaban J connectivity index is 1.72. The molecule has 1 aromatic heterocycles. The zero-order valence-corrected chi connectivity index (χ0v) is 14.3. The quantitative estimate of drug-likeness (QED) is 0.679. The van der Waals surface area contributed by atoms with E-state index in [1.165, 1.54) is 6.20 Å². The van der Waals surface area contributed by atoms with Gasteiger partial charge in [0.15, 0.2) is 9.84 Å². The summed E-state index contributed by atoms with van der Waals surface area (Å²) in [4.78, 5) is 27.4. The summed E-state index contributed by atoms with van der Waals surface area (Å²) in [6.45, 7) is 2.39. The molecule has 1 saturated heterocycles. The number of hydrogen-bond donors (Lipinski definition) is 2. The van der Waals surface area contributed by atoms with Crippen molar-refractivity contribution in [3.8, 4) is 0 Å². The highest BCUT2D eigenvalue weighted by molar-refractivity contribution is 7.91. The molecule has 8 nitrogen and oxygen atoms in total. The minimum absolute atomic E-state index is 0.0169. The van der Waals surface area contributed by atoms with Crippen LogP contribution < -0.4 is 10.6 Å². The van der Waals surface area contributed by atoms with Crippen LogP contribution in [0.2, 0.25) is 0 Å². The van der Waals surface area contributed by atoms with E-state index in [0.29, 0.717) is 31.0 Å². The molecule has 1 atom stereocenters. The number of aromatic nitrogens is 1.